The fourth-order valence-electron chi connectivity index (χ4n) is 1.91. The highest BCUT2D eigenvalue weighted by molar-refractivity contribution is 6.34. The monoisotopic (exact) mass is 280 g/mol. The minimum Gasteiger partial charge on any atom is -0.293 e. The topological polar surface area (TPSA) is 46.0 Å². The summed E-state index contributed by atoms with van der Waals surface area (Å²) >= 11 is 12.4. The lowest BCUT2D eigenvalue weighted by Crippen LogP contribution is -1.94. The van der Waals surface area contributed by atoms with Crippen molar-refractivity contribution in [2.24, 2.45) is 0 Å². The Morgan fingerprint density at radius 2 is 2.00 bits per heavy atom. The van der Waals surface area contributed by atoms with Crippen molar-refractivity contribution in [1.29, 1.82) is 0 Å². The van der Waals surface area contributed by atoms with E-state index in [1.165, 1.54) is 0 Å². The highest BCUT2D eigenvalue weighted by Crippen LogP contribution is 2.25. The molecule has 0 aliphatic rings. The maximum atomic E-state index is 6.28. The van der Waals surface area contributed by atoms with Crippen LogP contribution in [0.25, 0.3) is 5.65 Å². The molecule has 0 bridgehead atoms. The summed E-state index contributed by atoms with van der Waals surface area (Å²) in [5, 5.41) is 12.5. The van der Waals surface area contributed by atoms with Crippen molar-refractivity contribution < 1.29 is 0 Å². The summed E-state index contributed by atoms with van der Waals surface area (Å²) in [7, 11) is 0. The largest absolute Gasteiger partial charge is 0.293 e. The van der Waals surface area contributed by atoms with E-state index in [0.29, 0.717) is 17.1 Å². The molecule has 0 fully saturated rings. The number of H-pyrrole nitrogens is 1. The molecule has 6 heteroatoms. The van der Waals surface area contributed by atoms with Gasteiger partial charge in [0.2, 0.25) is 0 Å². The predicted molar refractivity (Wildman–Crippen MR) is 71.3 cm³/mol. The Hall–Kier alpha value is -1.52. The molecule has 2 heterocycles. The number of rotatable bonds is 2. The average Bonchev–Trinajstić information content (AvgIpc) is 2.86. The Morgan fingerprint density at radius 3 is 2.72 bits per heavy atom. The summed E-state index contributed by atoms with van der Waals surface area (Å²) in [5.41, 5.74) is 2.56. The molecule has 3 rings (SSSR count). The molecule has 4 nitrogen and oxygen atoms in total. The van der Waals surface area contributed by atoms with Crippen molar-refractivity contribution in [3.63, 3.8) is 0 Å². The first-order valence-electron chi connectivity index (χ1n) is 5.48. The number of hydrogen-bond acceptors (Lipinski definition) is 2. The Morgan fingerprint density at radius 1 is 1.22 bits per heavy atom. The number of hydrogen-bond donors (Lipinski definition) is 1. The van der Waals surface area contributed by atoms with Gasteiger partial charge >= 0.3 is 0 Å². The van der Waals surface area contributed by atoms with Crippen molar-refractivity contribution in [3.05, 3.63) is 51.4 Å². The van der Waals surface area contributed by atoms with Gasteiger partial charge in [0.1, 0.15) is 10.8 Å². The van der Waals surface area contributed by atoms with E-state index in [1.807, 2.05) is 31.2 Å². The average molecular weight is 281 g/mol. The molecule has 0 atom stereocenters. The molecule has 3 aromatic rings. The van der Waals surface area contributed by atoms with Crippen LogP contribution >= 0.6 is 23.2 Å². The van der Waals surface area contributed by atoms with Crippen molar-refractivity contribution in [2.45, 2.75) is 13.3 Å². The lowest BCUT2D eigenvalue weighted by Gasteiger charge is -2.02. The fourth-order valence-corrected chi connectivity index (χ4v) is 2.34. The van der Waals surface area contributed by atoms with Crippen LogP contribution in [-0.2, 0) is 6.42 Å². The molecule has 1 N–H and O–H groups in total. The smallest absolute Gasteiger partial charge is 0.196 e. The highest BCUT2D eigenvalue weighted by atomic mass is 35.5. The zero-order chi connectivity index (χ0) is 12.7. The number of aromatic nitrogens is 4. The molecule has 0 unspecified atom stereocenters. The van der Waals surface area contributed by atoms with Gasteiger partial charge in [-0.05, 0) is 18.6 Å². The lowest BCUT2D eigenvalue weighted by atomic mass is 10.1. The molecule has 0 amide bonds. The highest BCUT2D eigenvalue weighted by Gasteiger charge is 2.14. The molecule has 92 valence electrons. The van der Waals surface area contributed by atoms with Crippen LogP contribution in [0.1, 0.15) is 17.1 Å². The maximum absolute atomic E-state index is 6.28. The van der Waals surface area contributed by atoms with Gasteiger partial charge in [0.15, 0.2) is 5.65 Å². The number of nitrogens with one attached hydrogen (secondary N) is 1. The number of fused-ring (bicyclic) bond motifs is 1. The molecule has 0 saturated carbocycles. The van der Waals surface area contributed by atoms with E-state index in [1.54, 1.807) is 4.52 Å². The first-order chi connectivity index (χ1) is 8.66. The number of halogens is 2. The van der Waals surface area contributed by atoms with Crippen LogP contribution in [0.2, 0.25) is 10.0 Å². The van der Waals surface area contributed by atoms with Gasteiger partial charge in [-0.15, -0.1) is 10.2 Å². The molecular formula is C12H10Cl2N4. The minimum atomic E-state index is 0.593. The Kier molecular flexibility index (Phi) is 2.76. The van der Waals surface area contributed by atoms with E-state index in [2.05, 4.69) is 15.3 Å². The molecule has 1 aromatic carbocycles. The van der Waals surface area contributed by atoms with E-state index in [4.69, 9.17) is 23.2 Å². The van der Waals surface area contributed by atoms with Crippen LogP contribution in [0.5, 0.6) is 0 Å². The summed E-state index contributed by atoms with van der Waals surface area (Å²) in [6.45, 7) is 1.87. The molecule has 0 aliphatic carbocycles. The number of benzene rings is 1. The van der Waals surface area contributed by atoms with E-state index >= 15 is 0 Å². The number of nitrogens with zero attached hydrogens (tertiary/aromatic N) is 3. The van der Waals surface area contributed by atoms with E-state index in [-0.39, 0.29) is 0 Å². The van der Waals surface area contributed by atoms with Crippen molar-refractivity contribution in [3.8, 4) is 0 Å². The second kappa shape index (κ2) is 4.30. The van der Waals surface area contributed by atoms with E-state index in [9.17, 15) is 0 Å². The predicted octanol–water partition coefficient (Wildman–Crippen LogP) is 3.26. The van der Waals surface area contributed by atoms with Crippen LogP contribution in [0.15, 0.2) is 24.3 Å². The summed E-state index contributed by atoms with van der Waals surface area (Å²) in [6.07, 6.45) is 0.640. The van der Waals surface area contributed by atoms with Gasteiger partial charge in [0.25, 0.3) is 0 Å². The summed E-state index contributed by atoms with van der Waals surface area (Å²) < 4.78 is 1.77. The van der Waals surface area contributed by atoms with Gasteiger partial charge in [-0.1, -0.05) is 41.4 Å². The third kappa shape index (κ3) is 1.78. The van der Waals surface area contributed by atoms with E-state index < -0.39 is 0 Å². The lowest BCUT2D eigenvalue weighted by molar-refractivity contribution is 0.860. The summed E-state index contributed by atoms with van der Waals surface area (Å²) in [5.74, 6) is 0.775. The van der Waals surface area contributed by atoms with Gasteiger partial charge in [-0.2, -0.15) is 0 Å². The van der Waals surface area contributed by atoms with Crippen LogP contribution in [0.3, 0.4) is 0 Å². The maximum Gasteiger partial charge on any atom is 0.196 e. The van der Waals surface area contributed by atoms with Crippen LogP contribution in [0.4, 0.5) is 0 Å². The van der Waals surface area contributed by atoms with Crippen LogP contribution in [-0.4, -0.2) is 19.8 Å². The molecule has 2 aromatic heterocycles. The van der Waals surface area contributed by atoms with Gasteiger partial charge in [0.05, 0.1) is 5.69 Å². The third-order valence-electron chi connectivity index (χ3n) is 2.86. The minimum absolute atomic E-state index is 0.593. The van der Waals surface area contributed by atoms with E-state index in [0.717, 1.165) is 22.1 Å². The summed E-state index contributed by atoms with van der Waals surface area (Å²) in [4.78, 5) is 0. The summed E-state index contributed by atoms with van der Waals surface area (Å²) in [6, 6.07) is 7.71. The Bertz CT molecular complexity index is 714. The van der Waals surface area contributed by atoms with Gasteiger partial charge < -0.3 is 0 Å². The normalized spacial score (nSPS) is 11.3. The second-order valence-electron chi connectivity index (χ2n) is 4.08. The molecule has 0 spiro atoms. The first-order valence-corrected chi connectivity index (χ1v) is 6.24. The standard InChI is InChI=1S/C12H10Cl2N4/c1-7-15-16-12-11(14)10(17-18(7)12)6-8-4-2-3-5-9(8)13/h2-5,17H,6H2,1H3. The molecule has 18 heavy (non-hydrogen) atoms. The van der Waals surface area contributed by atoms with Crippen molar-refractivity contribution in [2.75, 3.05) is 0 Å². The molecule has 0 aliphatic heterocycles. The zero-order valence-electron chi connectivity index (χ0n) is 9.61. The van der Waals surface area contributed by atoms with Crippen molar-refractivity contribution in [1.82, 2.24) is 19.8 Å². The van der Waals surface area contributed by atoms with Crippen LogP contribution < -0.4 is 0 Å². The first kappa shape index (κ1) is 11.6. The molecule has 0 saturated heterocycles. The van der Waals surface area contributed by atoms with Crippen LogP contribution in [0, 0.1) is 6.92 Å². The molecule has 0 radical (unpaired) electrons. The van der Waals surface area contributed by atoms with Gasteiger partial charge in [-0.3, -0.25) is 5.10 Å². The Labute approximate surface area is 114 Å². The number of aryl methyl sites for hydroxylation is 1. The van der Waals surface area contributed by atoms with Gasteiger partial charge in [0, 0.05) is 11.4 Å². The quantitative estimate of drug-likeness (QED) is 0.783. The Balaban J connectivity index is 2.05. The zero-order valence-corrected chi connectivity index (χ0v) is 11.1. The SMILES string of the molecule is Cc1nnc2c(Cl)c(Cc3ccccc3Cl)[nH]n12. The van der Waals surface area contributed by atoms with Crippen molar-refractivity contribution >= 4 is 28.8 Å². The molecular weight excluding hydrogens is 271 g/mol. The second-order valence-corrected chi connectivity index (χ2v) is 4.86. The fraction of sp³-hybridized carbons (Fsp3) is 0.167. The number of aromatic amines is 1. The third-order valence-corrected chi connectivity index (χ3v) is 3.62. The van der Waals surface area contributed by atoms with Gasteiger partial charge in [-0.25, -0.2) is 4.52 Å².